The van der Waals surface area contributed by atoms with Crippen molar-refractivity contribution in [3.05, 3.63) is 35.4 Å². The van der Waals surface area contributed by atoms with E-state index in [0.717, 1.165) is 25.0 Å². The zero-order valence-electron chi connectivity index (χ0n) is 12.2. The number of carboxylic acids is 1. The van der Waals surface area contributed by atoms with Gasteiger partial charge in [0.2, 0.25) is 5.91 Å². The standard InChI is InChI=1S/C16H19F2NO3/c17-12-6-5-7-13(18)11(12)10-14(20)19-16(15(21)22)8-3-1-2-4-9-16/h5-7H,1-4,8-10H2,(H,19,20)(H,21,22). The summed E-state index contributed by atoms with van der Waals surface area (Å²) in [6.45, 7) is 0. The highest BCUT2D eigenvalue weighted by atomic mass is 19.1. The topological polar surface area (TPSA) is 66.4 Å². The smallest absolute Gasteiger partial charge is 0.329 e. The predicted octanol–water partition coefficient (Wildman–Crippen LogP) is 2.80. The molecular weight excluding hydrogens is 292 g/mol. The van der Waals surface area contributed by atoms with Gasteiger partial charge in [0.1, 0.15) is 17.2 Å². The first-order valence-corrected chi connectivity index (χ1v) is 7.42. The van der Waals surface area contributed by atoms with Crippen LogP contribution in [0.4, 0.5) is 8.78 Å². The first-order chi connectivity index (χ1) is 10.4. The number of benzene rings is 1. The summed E-state index contributed by atoms with van der Waals surface area (Å²) in [4.78, 5) is 23.7. The Balaban J connectivity index is 2.13. The number of carboxylic acid groups (broad SMARTS) is 1. The largest absolute Gasteiger partial charge is 0.480 e. The van der Waals surface area contributed by atoms with E-state index in [-0.39, 0.29) is 5.56 Å². The molecule has 1 aromatic rings. The molecule has 0 bridgehead atoms. The number of nitrogens with one attached hydrogen (secondary N) is 1. The molecule has 22 heavy (non-hydrogen) atoms. The average Bonchev–Trinajstić information content (AvgIpc) is 2.69. The zero-order valence-corrected chi connectivity index (χ0v) is 12.2. The minimum absolute atomic E-state index is 0.339. The van der Waals surface area contributed by atoms with Crippen LogP contribution in [0.15, 0.2) is 18.2 Å². The monoisotopic (exact) mass is 311 g/mol. The number of aliphatic carboxylic acids is 1. The van der Waals surface area contributed by atoms with E-state index >= 15 is 0 Å². The van der Waals surface area contributed by atoms with Crippen LogP contribution in [0.3, 0.4) is 0 Å². The third-order valence-electron chi connectivity index (χ3n) is 4.14. The first kappa shape index (κ1) is 16.4. The van der Waals surface area contributed by atoms with Crippen LogP contribution in [-0.2, 0) is 16.0 Å². The Morgan fingerprint density at radius 3 is 2.14 bits per heavy atom. The van der Waals surface area contributed by atoms with E-state index in [1.165, 1.54) is 6.07 Å². The molecule has 1 aromatic carbocycles. The van der Waals surface area contributed by atoms with E-state index in [9.17, 15) is 23.5 Å². The molecule has 4 nitrogen and oxygen atoms in total. The summed E-state index contributed by atoms with van der Waals surface area (Å²) in [7, 11) is 0. The van der Waals surface area contributed by atoms with Crippen molar-refractivity contribution in [1.29, 1.82) is 0 Å². The highest BCUT2D eigenvalue weighted by molar-refractivity contribution is 5.88. The normalized spacial score (nSPS) is 17.5. The van der Waals surface area contributed by atoms with Crippen LogP contribution < -0.4 is 5.32 Å². The van der Waals surface area contributed by atoms with Crippen molar-refractivity contribution < 1.29 is 23.5 Å². The van der Waals surface area contributed by atoms with Gasteiger partial charge in [-0.25, -0.2) is 13.6 Å². The molecule has 1 saturated carbocycles. The van der Waals surface area contributed by atoms with E-state index in [1.807, 2.05) is 0 Å². The van der Waals surface area contributed by atoms with E-state index in [4.69, 9.17) is 0 Å². The molecule has 0 saturated heterocycles. The van der Waals surface area contributed by atoms with Gasteiger partial charge in [-0.2, -0.15) is 0 Å². The molecule has 1 aliphatic carbocycles. The van der Waals surface area contributed by atoms with Gasteiger partial charge in [-0.1, -0.05) is 31.7 Å². The quantitative estimate of drug-likeness (QED) is 0.840. The maximum absolute atomic E-state index is 13.6. The van der Waals surface area contributed by atoms with Crippen LogP contribution in [0.25, 0.3) is 0 Å². The maximum atomic E-state index is 13.6. The van der Waals surface area contributed by atoms with Gasteiger partial charge in [0.25, 0.3) is 0 Å². The number of carbonyl (C=O) groups is 2. The van der Waals surface area contributed by atoms with E-state index in [2.05, 4.69) is 5.32 Å². The Labute approximate surface area is 127 Å². The Hall–Kier alpha value is -1.98. The van der Waals surface area contributed by atoms with Crippen LogP contribution in [0.1, 0.15) is 44.1 Å². The number of hydrogen-bond donors (Lipinski definition) is 2. The third-order valence-corrected chi connectivity index (χ3v) is 4.14. The first-order valence-electron chi connectivity index (χ1n) is 7.42. The molecule has 0 heterocycles. The summed E-state index contributed by atoms with van der Waals surface area (Å²) in [6, 6.07) is 3.37. The fraction of sp³-hybridized carbons (Fsp3) is 0.500. The van der Waals surface area contributed by atoms with Gasteiger partial charge < -0.3 is 10.4 Å². The lowest BCUT2D eigenvalue weighted by Gasteiger charge is -2.29. The molecule has 0 atom stereocenters. The molecule has 0 aliphatic heterocycles. The summed E-state index contributed by atoms with van der Waals surface area (Å²) < 4.78 is 27.1. The van der Waals surface area contributed by atoms with Crippen molar-refractivity contribution in [3.8, 4) is 0 Å². The summed E-state index contributed by atoms with van der Waals surface area (Å²) in [5, 5.41) is 12.0. The fourth-order valence-corrected chi connectivity index (χ4v) is 2.90. The van der Waals surface area contributed by atoms with Crippen LogP contribution in [0.2, 0.25) is 0 Å². The number of hydrogen-bond acceptors (Lipinski definition) is 2. The Morgan fingerprint density at radius 2 is 1.64 bits per heavy atom. The predicted molar refractivity (Wildman–Crippen MR) is 76.3 cm³/mol. The third kappa shape index (κ3) is 3.61. The molecule has 2 N–H and O–H groups in total. The second-order valence-electron chi connectivity index (χ2n) is 5.73. The Bertz CT molecular complexity index is 546. The van der Waals surface area contributed by atoms with E-state index in [0.29, 0.717) is 25.7 Å². The van der Waals surface area contributed by atoms with Crippen molar-refractivity contribution >= 4 is 11.9 Å². The van der Waals surface area contributed by atoms with Gasteiger partial charge in [-0.05, 0) is 25.0 Å². The Kier molecular flexibility index (Phi) is 5.11. The van der Waals surface area contributed by atoms with Crippen molar-refractivity contribution in [3.63, 3.8) is 0 Å². The highest BCUT2D eigenvalue weighted by Crippen LogP contribution is 2.27. The van der Waals surface area contributed by atoms with Crippen molar-refractivity contribution in [2.24, 2.45) is 0 Å². The zero-order chi connectivity index (χ0) is 16.2. The molecule has 0 aromatic heterocycles. The van der Waals surface area contributed by atoms with Crippen LogP contribution in [-0.4, -0.2) is 22.5 Å². The number of carbonyl (C=O) groups excluding carboxylic acids is 1. The molecule has 1 aliphatic rings. The summed E-state index contributed by atoms with van der Waals surface area (Å²) in [6.07, 6.45) is 3.44. The number of rotatable bonds is 4. The second-order valence-corrected chi connectivity index (χ2v) is 5.73. The van der Waals surface area contributed by atoms with Gasteiger partial charge in [0.15, 0.2) is 0 Å². The molecule has 2 rings (SSSR count). The van der Waals surface area contributed by atoms with Crippen molar-refractivity contribution in [2.45, 2.75) is 50.5 Å². The average molecular weight is 311 g/mol. The SMILES string of the molecule is O=C(Cc1c(F)cccc1F)NC1(C(=O)O)CCCCCC1. The van der Waals surface area contributed by atoms with Crippen LogP contribution >= 0.6 is 0 Å². The minimum Gasteiger partial charge on any atom is -0.480 e. The maximum Gasteiger partial charge on any atom is 0.329 e. The lowest BCUT2D eigenvalue weighted by molar-refractivity contribution is -0.148. The lowest BCUT2D eigenvalue weighted by Crippen LogP contribution is -2.54. The summed E-state index contributed by atoms with van der Waals surface area (Å²) in [5.41, 5.74) is -1.66. The molecule has 6 heteroatoms. The molecule has 1 amide bonds. The number of halogens is 2. The van der Waals surface area contributed by atoms with E-state index in [1.54, 1.807) is 0 Å². The number of amides is 1. The minimum atomic E-state index is -1.32. The second kappa shape index (κ2) is 6.85. The van der Waals surface area contributed by atoms with Gasteiger partial charge in [-0.3, -0.25) is 4.79 Å². The molecule has 1 fully saturated rings. The highest BCUT2D eigenvalue weighted by Gasteiger charge is 2.40. The van der Waals surface area contributed by atoms with Gasteiger partial charge in [0, 0.05) is 5.56 Å². The molecule has 0 unspecified atom stereocenters. The summed E-state index contributed by atoms with van der Waals surface area (Å²) in [5.74, 6) is -3.37. The van der Waals surface area contributed by atoms with Gasteiger partial charge in [0.05, 0.1) is 6.42 Å². The van der Waals surface area contributed by atoms with Crippen LogP contribution in [0.5, 0.6) is 0 Å². The van der Waals surface area contributed by atoms with E-state index < -0.39 is 35.5 Å². The molecular formula is C16H19F2NO3. The Morgan fingerprint density at radius 1 is 1.09 bits per heavy atom. The molecule has 0 spiro atoms. The van der Waals surface area contributed by atoms with Crippen LogP contribution in [0, 0.1) is 11.6 Å². The molecule has 120 valence electrons. The van der Waals surface area contributed by atoms with Gasteiger partial charge >= 0.3 is 5.97 Å². The lowest BCUT2D eigenvalue weighted by atomic mass is 9.90. The van der Waals surface area contributed by atoms with Crippen molar-refractivity contribution in [2.75, 3.05) is 0 Å². The summed E-state index contributed by atoms with van der Waals surface area (Å²) >= 11 is 0. The van der Waals surface area contributed by atoms with Crippen molar-refractivity contribution in [1.82, 2.24) is 5.32 Å². The molecule has 0 radical (unpaired) electrons. The van der Waals surface area contributed by atoms with Gasteiger partial charge in [-0.15, -0.1) is 0 Å². The fourth-order valence-electron chi connectivity index (χ4n) is 2.90.